The molecule has 0 aliphatic carbocycles. The predicted octanol–water partition coefficient (Wildman–Crippen LogP) is 5.45. The number of carbonyl (C=O) groups excluding carboxylic acids is 1. The van der Waals surface area contributed by atoms with Gasteiger partial charge in [0.1, 0.15) is 18.4 Å². The Balaban J connectivity index is 1.43. The minimum atomic E-state index is -4.36. The third-order valence-corrected chi connectivity index (χ3v) is 5.95. The molecule has 2 heterocycles. The lowest BCUT2D eigenvalue weighted by molar-refractivity contribution is -0.142. The highest BCUT2D eigenvalue weighted by Gasteiger charge is 2.28. The Bertz CT molecular complexity index is 1390. The molecule has 1 amide bonds. The summed E-state index contributed by atoms with van der Waals surface area (Å²) in [6.07, 6.45) is -0.250. The Morgan fingerprint density at radius 1 is 1.00 bits per heavy atom. The predicted molar refractivity (Wildman–Crippen MR) is 137 cm³/mol. The van der Waals surface area contributed by atoms with E-state index in [0.717, 1.165) is 15.8 Å². The Morgan fingerprint density at radius 2 is 1.74 bits per heavy atom. The molecule has 4 rings (SSSR count). The Hall–Kier alpha value is -4.49. The fourth-order valence-corrected chi connectivity index (χ4v) is 3.93. The van der Waals surface area contributed by atoms with Crippen LogP contribution in [0.4, 0.5) is 19.0 Å². The summed E-state index contributed by atoms with van der Waals surface area (Å²) in [5, 5.41) is 18.9. The van der Waals surface area contributed by atoms with Crippen LogP contribution in [0.15, 0.2) is 85.3 Å². The van der Waals surface area contributed by atoms with E-state index in [2.05, 4.69) is 26.8 Å². The maximum Gasteiger partial charge on any atom is 0.408 e. The third kappa shape index (κ3) is 7.05. The standard InChI is InChI=1S/C28H25F3N6O/c1-19(21-9-7-20(13-32)8-10-21)14-34-26(22-5-3-2-4-6-22)27(38)36-25-12-11-23(15-33-25)24-16-35-37(17-24)18-28(29,30)31/h2-12,15-17,19,26,34H,14,18H2,1H3,(H,33,36,38). The number of aromatic nitrogens is 3. The second-order valence-corrected chi connectivity index (χ2v) is 8.85. The zero-order valence-electron chi connectivity index (χ0n) is 20.5. The quantitative estimate of drug-likeness (QED) is 0.307. The van der Waals surface area contributed by atoms with Crippen molar-refractivity contribution in [2.24, 2.45) is 0 Å². The van der Waals surface area contributed by atoms with Crippen LogP contribution in [-0.2, 0) is 11.3 Å². The number of hydrogen-bond acceptors (Lipinski definition) is 5. The number of alkyl halides is 3. The number of anilines is 1. The monoisotopic (exact) mass is 518 g/mol. The van der Waals surface area contributed by atoms with Crippen molar-refractivity contribution < 1.29 is 18.0 Å². The summed E-state index contributed by atoms with van der Waals surface area (Å²) in [5.74, 6) is 0.0863. The first-order valence-electron chi connectivity index (χ1n) is 11.9. The fourth-order valence-electron chi connectivity index (χ4n) is 3.93. The fraction of sp³-hybridized carbons (Fsp3) is 0.214. The van der Waals surface area contributed by atoms with E-state index in [0.29, 0.717) is 29.1 Å². The van der Waals surface area contributed by atoms with Gasteiger partial charge in [0.05, 0.1) is 17.8 Å². The van der Waals surface area contributed by atoms with Crippen LogP contribution < -0.4 is 10.6 Å². The smallest absolute Gasteiger partial charge is 0.309 e. The molecular formula is C28H25F3N6O. The lowest BCUT2D eigenvalue weighted by Crippen LogP contribution is -2.35. The Kier molecular flexibility index (Phi) is 8.19. The first kappa shape index (κ1) is 26.6. The number of benzene rings is 2. The first-order valence-corrected chi connectivity index (χ1v) is 11.9. The molecule has 0 saturated carbocycles. The average Bonchev–Trinajstić information content (AvgIpc) is 3.36. The third-order valence-electron chi connectivity index (χ3n) is 5.95. The molecule has 0 fully saturated rings. The minimum absolute atomic E-state index is 0.0809. The van der Waals surface area contributed by atoms with Gasteiger partial charge in [-0.3, -0.25) is 9.48 Å². The van der Waals surface area contributed by atoms with E-state index in [-0.39, 0.29) is 11.8 Å². The van der Waals surface area contributed by atoms with Gasteiger partial charge >= 0.3 is 6.18 Å². The summed E-state index contributed by atoms with van der Waals surface area (Å²) in [4.78, 5) is 17.5. The zero-order chi connectivity index (χ0) is 27.1. The van der Waals surface area contributed by atoms with Gasteiger partial charge in [-0.15, -0.1) is 0 Å². The van der Waals surface area contributed by atoms with Crippen molar-refractivity contribution in [3.63, 3.8) is 0 Å². The van der Waals surface area contributed by atoms with Gasteiger partial charge in [-0.05, 0) is 41.3 Å². The van der Waals surface area contributed by atoms with E-state index in [1.165, 1.54) is 18.6 Å². The van der Waals surface area contributed by atoms with E-state index in [4.69, 9.17) is 5.26 Å². The SMILES string of the molecule is CC(CNC(C(=O)Nc1ccc(-c2cnn(CC(F)(F)F)c2)cn1)c1ccccc1)c1ccc(C#N)cc1. The van der Waals surface area contributed by atoms with Crippen LogP contribution in [0.5, 0.6) is 0 Å². The largest absolute Gasteiger partial charge is 0.408 e. The van der Waals surface area contributed by atoms with Crippen molar-refractivity contribution in [1.29, 1.82) is 5.26 Å². The van der Waals surface area contributed by atoms with Gasteiger partial charge in [0.25, 0.3) is 0 Å². The molecule has 38 heavy (non-hydrogen) atoms. The maximum atomic E-state index is 13.3. The number of amides is 1. The van der Waals surface area contributed by atoms with E-state index >= 15 is 0 Å². The van der Waals surface area contributed by atoms with E-state index in [1.807, 2.05) is 49.4 Å². The molecule has 2 N–H and O–H groups in total. The molecule has 194 valence electrons. The second-order valence-electron chi connectivity index (χ2n) is 8.85. The normalized spacial score (nSPS) is 12.9. The molecule has 2 atom stereocenters. The Morgan fingerprint density at radius 3 is 2.37 bits per heavy atom. The lowest BCUT2D eigenvalue weighted by atomic mass is 9.98. The van der Waals surface area contributed by atoms with Gasteiger partial charge in [-0.1, -0.05) is 49.4 Å². The van der Waals surface area contributed by atoms with Crippen LogP contribution in [0.3, 0.4) is 0 Å². The summed E-state index contributed by atoms with van der Waals surface area (Å²) in [7, 11) is 0. The molecule has 0 aliphatic heterocycles. The average molecular weight is 519 g/mol. The van der Waals surface area contributed by atoms with Crippen molar-refractivity contribution in [1.82, 2.24) is 20.1 Å². The molecular weight excluding hydrogens is 493 g/mol. The zero-order valence-corrected chi connectivity index (χ0v) is 20.5. The lowest BCUT2D eigenvalue weighted by Gasteiger charge is -2.21. The van der Waals surface area contributed by atoms with Crippen molar-refractivity contribution in [3.8, 4) is 17.2 Å². The molecule has 2 unspecified atom stereocenters. The maximum absolute atomic E-state index is 13.3. The highest BCUT2D eigenvalue weighted by atomic mass is 19.4. The summed E-state index contributed by atoms with van der Waals surface area (Å²) < 4.78 is 38.6. The molecule has 2 aromatic carbocycles. The van der Waals surface area contributed by atoms with Gasteiger partial charge in [0, 0.05) is 30.1 Å². The van der Waals surface area contributed by atoms with Crippen LogP contribution >= 0.6 is 0 Å². The van der Waals surface area contributed by atoms with Crippen LogP contribution in [0.25, 0.3) is 11.1 Å². The number of rotatable bonds is 9. The summed E-state index contributed by atoms with van der Waals surface area (Å²) in [6, 6.07) is 21.3. The Labute approximate surface area is 217 Å². The van der Waals surface area contributed by atoms with Gasteiger partial charge in [0.2, 0.25) is 5.91 Å². The van der Waals surface area contributed by atoms with Crippen molar-refractivity contribution in [3.05, 3.63) is 102 Å². The number of pyridine rings is 1. The summed E-state index contributed by atoms with van der Waals surface area (Å²) in [5.41, 5.74) is 3.47. The summed E-state index contributed by atoms with van der Waals surface area (Å²) in [6.45, 7) is 1.37. The molecule has 0 spiro atoms. The van der Waals surface area contributed by atoms with Gasteiger partial charge < -0.3 is 10.6 Å². The molecule has 0 saturated heterocycles. The van der Waals surface area contributed by atoms with E-state index in [9.17, 15) is 18.0 Å². The topological polar surface area (TPSA) is 95.6 Å². The number of nitriles is 1. The van der Waals surface area contributed by atoms with Gasteiger partial charge in [-0.2, -0.15) is 23.5 Å². The molecule has 2 aromatic heterocycles. The molecule has 0 radical (unpaired) electrons. The first-order chi connectivity index (χ1) is 18.2. The summed E-state index contributed by atoms with van der Waals surface area (Å²) >= 11 is 0. The molecule has 4 aromatic rings. The second kappa shape index (κ2) is 11.7. The van der Waals surface area contributed by atoms with Gasteiger partial charge in [0.15, 0.2) is 0 Å². The van der Waals surface area contributed by atoms with Crippen molar-refractivity contribution in [2.45, 2.75) is 31.6 Å². The van der Waals surface area contributed by atoms with Crippen LogP contribution in [-0.4, -0.2) is 33.4 Å². The van der Waals surface area contributed by atoms with E-state index in [1.54, 1.807) is 24.3 Å². The van der Waals surface area contributed by atoms with Crippen LogP contribution in [0.2, 0.25) is 0 Å². The number of carbonyl (C=O) groups is 1. The van der Waals surface area contributed by atoms with Crippen molar-refractivity contribution in [2.75, 3.05) is 11.9 Å². The number of hydrogen-bond donors (Lipinski definition) is 2. The molecule has 0 aliphatic rings. The van der Waals surface area contributed by atoms with Crippen LogP contribution in [0.1, 0.15) is 35.6 Å². The number of nitrogens with one attached hydrogen (secondary N) is 2. The highest BCUT2D eigenvalue weighted by molar-refractivity contribution is 5.95. The number of halogens is 3. The van der Waals surface area contributed by atoms with Gasteiger partial charge in [-0.25, -0.2) is 4.98 Å². The highest BCUT2D eigenvalue weighted by Crippen LogP contribution is 2.23. The molecule has 10 heteroatoms. The van der Waals surface area contributed by atoms with Crippen LogP contribution in [0, 0.1) is 11.3 Å². The molecule has 0 bridgehead atoms. The minimum Gasteiger partial charge on any atom is -0.309 e. The van der Waals surface area contributed by atoms with Crippen molar-refractivity contribution >= 4 is 11.7 Å². The molecule has 7 nitrogen and oxygen atoms in total. The van der Waals surface area contributed by atoms with E-state index < -0.39 is 18.8 Å². The number of nitrogens with zero attached hydrogens (tertiary/aromatic N) is 4.